The third kappa shape index (κ3) is 3.45. The summed E-state index contributed by atoms with van der Waals surface area (Å²) in [5.41, 5.74) is 4.42. The normalized spacial score (nSPS) is 14.3. The number of hydrogen-bond acceptors (Lipinski definition) is 5. The first-order valence-corrected chi connectivity index (χ1v) is 9.89. The minimum Gasteiger partial charge on any atom is -0.461 e. The average molecular weight is 407 g/mol. The SMILES string of the molecule is Cc1ccc2cc(CN3CCc4nc(-c5ccco5)[nH]c(=O)c4C3)c(Cl)nc2c1. The molecule has 0 saturated carbocycles. The molecule has 6 nitrogen and oxygen atoms in total. The molecule has 3 aromatic heterocycles. The van der Waals surface area contributed by atoms with Crippen molar-refractivity contribution in [1.29, 1.82) is 0 Å². The fraction of sp³-hybridized carbons (Fsp3) is 0.227. The maximum Gasteiger partial charge on any atom is 0.256 e. The summed E-state index contributed by atoms with van der Waals surface area (Å²) in [5.74, 6) is 1.04. The molecule has 146 valence electrons. The Labute approximate surface area is 172 Å². The van der Waals surface area contributed by atoms with E-state index in [-0.39, 0.29) is 5.56 Å². The van der Waals surface area contributed by atoms with Crippen molar-refractivity contribution in [3.63, 3.8) is 0 Å². The molecule has 0 atom stereocenters. The summed E-state index contributed by atoms with van der Waals surface area (Å²) < 4.78 is 5.36. The van der Waals surface area contributed by atoms with Crippen LogP contribution in [0.3, 0.4) is 0 Å². The van der Waals surface area contributed by atoms with Crippen molar-refractivity contribution in [3.8, 4) is 11.6 Å². The molecule has 4 heterocycles. The molecule has 1 N–H and O–H groups in total. The van der Waals surface area contributed by atoms with Crippen molar-refractivity contribution in [1.82, 2.24) is 19.9 Å². The molecule has 0 bridgehead atoms. The van der Waals surface area contributed by atoms with Crippen LogP contribution in [0.5, 0.6) is 0 Å². The van der Waals surface area contributed by atoms with Crippen LogP contribution in [0.25, 0.3) is 22.5 Å². The number of halogens is 1. The Morgan fingerprint density at radius 1 is 1.24 bits per heavy atom. The molecule has 0 aliphatic carbocycles. The Bertz CT molecular complexity index is 1260. The lowest BCUT2D eigenvalue weighted by Gasteiger charge is -2.27. The fourth-order valence-electron chi connectivity index (χ4n) is 3.80. The zero-order chi connectivity index (χ0) is 20.0. The summed E-state index contributed by atoms with van der Waals surface area (Å²) in [6, 6.07) is 11.8. The molecule has 7 heteroatoms. The van der Waals surface area contributed by atoms with E-state index in [0.717, 1.165) is 34.3 Å². The van der Waals surface area contributed by atoms with E-state index in [1.54, 1.807) is 18.4 Å². The van der Waals surface area contributed by atoms with Gasteiger partial charge in [0.05, 0.1) is 23.0 Å². The highest BCUT2D eigenvalue weighted by Crippen LogP contribution is 2.25. The van der Waals surface area contributed by atoms with Crippen molar-refractivity contribution in [3.05, 3.63) is 80.6 Å². The molecule has 29 heavy (non-hydrogen) atoms. The summed E-state index contributed by atoms with van der Waals surface area (Å²) in [6.45, 7) is 3.99. The van der Waals surface area contributed by atoms with Gasteiger partial charge in [-0.3, -0.25) is 9.69 Å². The molecule has 1 aliphatic heterocycles. The molecule has 0 fully saturated rings. The van der Waals surface area contributed by atoms with Gasteiger partial charge in [0.15, 0.2) is 11.6 Å². The lowest BCUT2D eigenvalue weighted by molar-refractivity contribution is 0.241. The van der Waals surface area contributed by atoms with Gasteiger partial charge in [-0.1, -0.05) is 23.7 Å². The predicted octanol–water partition coefficient (Wildman–Crippen LogP) is 4.10. The molecule has 1 aromatic carbocycles. The lowest BCUT2D eigenvalue weighted by atomic mass is 10.1. The predicted molar refractivity (Wildman–Crippen MR) is 112 cm³/mol. The number of hydrogen-bond donors (Lipinski definition) is 1. The Morgan fingerprint density at radius 2 is 2.14 bits per heavy atom. The number of aromatic nitrogens is 3. The molecule has 0 saturated heterocycles. The molecule has 0 unspecified atom stereocenters. The molecule has 4 aromatic rings. The van der Waals surface area contributed by atoms with Crippen LogP contribution in [0.1, 0.15) is 22.4 Å². The zero-order valence-electron chi connectivity index (χ0n) is 15.9. The molecular formula is C22H19ClN4O2. The largest absolute Gasteiger partial charge is 0.461 e. The van der Waals surface area contributed by atoms with Crippen molar-refractivity contribution in [2.45, 2.75) is 26.4 Å². The van der Waals surface area contributed by atoms with Crippen molar-refractivity contribution >= 4 is 22.5 Å². The molecule has 5 rings (SSSR count). The number of furan rings is 1. The van der Waals surface area contributed by atoms with Crippen molar-refractivity contribution in [2.75, 3.05) is 6.54 Å². The molecule has 0 amide bonds. The molecule has 0 spiro atoms. The van der Waals surface area contributed by atoms with Gasteiger partial charge in [0.2, 0.25) is 0 Å². The number of pyridine rings is 1. The van der Waals surface area contributed by atoms with E-state index in [9.17, 15) is 4.79 Å². The highest BCUT2D eigenvalue weighted by molar-refractivity contribution is 6.30. The van der Waals surface area contributed by atoms with Gasteiger partial charge in [0.1, 0.15) is 5.15 Å². The highest BCUT2D eigenvalue weighted by Gasteiger charge is 2.23. The lowest BCUT2D eigenvalue weighted by Crippen LogP contribution is -2.35. The highest BCUT2D eigenvalue weighted by atomic mass is 35.5. The second kappa shape index (κ2) is 7.13. The van der Waals surface area contributed by atoms with E-state index >= 15 is 0 Å². The summed E-state index contributed by atoms with van der Waals surface area (Å²) in [7, 11) is 0. The Kier molecular flexibility index (Phi) is 4.45. The molecule has 0 radical (unpaired) electrons. The van der Waals surface area contributed by atoms with Crippen molar-refractivity contribution < 1.29 is 4.42 Å². The first kappa shape index (κ1) is 18.1. The van der Waals surface area contributed by atoms with Crippen LogP contribution < -0.4 is 5.56 Å². The summed E-state index contributed by atoms with van der Waals surface area (Å²) in [4.78, 5) is 26.9. The van der Waals surface area contributed by atoms with Crippen LogP contribution in [0.4, 0.5) is 0 Å². The number of rotatable bonds is 3. The Morgan fingerprint density at radius 3 is 2.97 bits per heavy atom. The van der Waals surface area contributed by atoms with Gasteiger partial charge in [0.25, 0.3) is 5.56 Å². The van der Waals surface area contributed by atoms with Gasteiger partial charge in [-0.25, -0.2) is 9.97 Å². The van der Waals surface area contributed by atoms with E-state index in [1.165, 1.54) is 0 Å². The maximum atomic E-state index is 12.6. The molecular weight excluding hydrogens is 388 g/mol. The number of nitrogens with one attached hydrogen (secondary N) is 1. The minimum atomic E-state index is -0.121. The first-order chi connectivity index (χ1) is 14.1. The maximum absolute atomic E-state index is 12.6. The van der Waals surface area contributed by atoms with Gasteiger partial charge >= 0.3 is 0 Å². The number of H-pyrrole nitrogens is 1. The second-order valence-electron chi connectivity index (χ2n) is 7.41. The van der Waals surface area contributed by atoms with Crippen LogP contribution in [-0.2, 0) is 19.5 Å². The third-order valence-electron chi connectivity index (χ3n) is 5.30. The second-order valence-corrected chi connectivity index (χ2v) is 7.77. The van der Waals surface area contributed by atoms with Gasteiger partial charge in [-0.15, -0.1) is 0 Å². The number of aromatic amines is 1. The summed E-state index contributed by atoms with van der Waals surface area (Å²) in [6.07, 6.45) is 2.27. The average Bonchev–Trinajstić information content (AvgIpc) is 3.24. The van der Waals surface area contributed by atoms with E-state index < -0.39 is 0 Å². The number of fused-ring (bicyclic) bond motifs is 2. The third-order valence-corrected chi connectivity index (χ3v) is 5.62. The van der Waals surface area contributed by atoms with Gasteiger partial charge in [0, 0.05) is 37.0 Å². The Hall–Kier alpha value is -2.96. The van der Waals surface area contributed by atoms with E-state index in [0.29, 0.717) is 41.8 Å². The van der Waals surface area contributed by atoms with Gasteiger partial charge in [-0.2, -0.15) is 0 Å². The van der Waals surface area contributed by atoms with Gasteiger partial charge < -0.3 is 9.40 Å². The van der Waals surface area contributed by atoms with Crippen molar-refractivity contribution in [2.24, 2.45) is 0 Å². The van der Waals surface area contributed by atoms with E-state index in [1.807, 2.05) is 13.0 Å². The zero-order valence-corrected chi connectivity index (χ0v) is 16.7. The number of aryl methyl sites for hydroxylation is 1. The number of benzene rings is 1. The first-order valence-electron chi connectivity index (χ1n) is 9.51. The van der Waals surface area contributed by atoms with Crippen LogP contribution in [-0.4, -0.2) is 26.4 Å². The molecule has 1 aliphatic rings. The Balaban J connectivity index is 1.41. The summed E-state index contributed by atoms with van der Waals surface area (Å²) in [5, 5.41) is 1.57. The number of nitrogens with zero attached hydrogens (tertiary/aromatic N) is 3. The quantitative estimate of drug-likeness (QED) is 0.518. The van der Waals surface area contributed by atoms with Crippen LogP contribution in [0.15, 0.2) is 51.9 Å². The van der Waals surface area contributed by atoms with E-state index in [4.69, 9.17) is 16.0 Å². The van der Waals surface area contributed by atoms with Crippen LogP contribution in [0, 0.1) is 6.92 Å². The minimum absolute atomic E-state index is 0.121. The topological polar surface area (TPSA) is 75.0 Å². The smallest absolute Gasteiger partial charge is 0.256 e. The van der Waals surface area contributed by atoms with Crippen LogP contribution in [0.2, 0.25) is 5.15 Å². The van der Waals surface area contributed by atoms with Crippen LogP contribution >= 0.6 is 11.6 Å². The standard InChI is InChI=1S/C22H19ClN4O2/c1-13-4-5-14-10-15(20(23)24-18(14)9-13)11-27-7-6-17-16(12-27)22(28)26-21(25-17)19-3-2-8-29-19/h2-5,8-10H,6-7,11-12H2,1H3,(H,25,26,28). The van der Waals surface area contributed by atoms with E-state index in [2.05, 4.69) is 38.1 Å². The fourth-order valence-corrected chi connectivity index (χ4v) is 4.00. The summed E-state index contributed by atoms with van der Waals surface area (Å²) >= 11 is 6.46. The van der Waals surface area contributed by atoms with Gasteiger partial charge in [-0.05, 0) is 36.8 Å². The monoisotopic (exact) mass is 406 g/mol.